The molecule has 5 nitrogen and oxygen atoms in total. The minimum atomic E-state index is 0.183. The third kappa shape index (κ3) is 4.10. The molecule has 2 unspecified atom stereocenters. The fourth-order valence-corrected chi connectivity index (χ4v) is 5.10. The summed E-state index contributed by atoms with van der Waals surface area (Å²) in [7, 11) is 0. The highest BCUT2D eigenvalue weighted by Gasteiger charge is 2.40. The number of benzene rings is 2. The number of fused-ring (bicyclic) bond motifs is 3. The van der Waals surface area contributed by atoms with Crippen LogP contribution in [0.25, 0.3) is 0 Å². The van der Waals surface area contributed by atoms with E-state index in [1.165, 1.54) is 24.0 Å². The molecule has 0 radical (unpaired) electrons. The van der Waals surface area contributed by atoms with E-state index in [2.05, 4.69) is 34.5 Å². The van der Waals surface area contributed by atoms with Gasteiger partial charge in [-0.3, -0.25) is 9.69 Å². The number of piperidine rings is 1. The van der Waals surface area contributed by atoms with E-state index in [-0.39, 0.29) is 5.91 Å². The molecule has 2 aromatic rings. The summed E-state index contributed by atoms with van der Waals surface area (Å²) in [6.45, 7) is 1.26. The van der Waals surface area contributed by atoms with Gasteiger partial charge in [-0.15, -0.1) is 0 Å². The molecular weight excluding hydrogens is 364 g/mol. The van der Waals surface area contributed by atoms with Crippen LogP contribution in [0.15, 0.2) is 48.5 Å². The molecule has 3 aliphatic heterocycles. The van der Waals surface area contributed by atoms with Gasteiger partial charge in [0.25, 0.3) is 0 Å². The predicted molar refractivity (Wildman–Crippen MR) is 111 cm³/mol. The number of nitrogens with one attached hydrogen (secondary N) is 1. The van der Waals surface area contributed by atoms with Gasteiger partial charge < -0.3 is 14.8 Å². The molecule has 0 spiro atoms. The van der Waals surface area contributed by atoms with Crippen molar-refractivity contribution in [2.75, 3.05) is 6.79 Å². The lowest BCUT2D eigenvalue weighted by Gasteiger charge is -2.39. The zero-order valence-corrected chi connectivity index (χ0v) is 16.7. The first-order chi connectivity index (χ1) is 14.2. The number of ether oxygens (including phenoxy) is 2. The van der Waals surface area contributed by atoms with E-state index < -0.39 is 0 Å². The number of carbonyl (C=O) groups is 1. The zero-order valence-electron chi connectivity index (χ0n) is 16.7. The fourth-order valence-electron chi connectivity index (χ4n) is 5.10. The number of rotatable bonds is 6. The summed E-state index contributed by atoms with van der Waals surface area (Å²) < 4.78 is 10.9. The van der Waals surface area contributed by atoms with Gasteiger partial charge in [0.15, 0.2) is 11.5 Å². The Balaban J connectivity index is 1.14. The first-order valence-electron chi connectivity index (χ1n) is 10.7. The van der Waals surface area contributed by atoms with Gasteiger partial charge in [-0.05, 0) is 55.4 Å². The van der Waals surface area contributed by atoms with E-state index in [0.717, 1.165) is 37.3 Å². The molecule has 152 valence electrons. The van der Waals surface area contributed by atoms with Gasteiger partial charge in [-0.25, -0.2) is 0 Å². The fraction of sp³-hybridized carbons (Fsp3) is 0.458. The maximum atomic E-state index is 12.4. The summed E-state index contributed by atoms with van der Waals surface area (Å²) in [6.07, 6.45) is 5.94. The van der Waals surface area contributed by atoms with Crippen molar-refractivity contribution in [3.8, 4) is 11.5 Å². The molecule has 2 bridgehead atoms. The molecule has 29 heavy (non-hydrogen) atoms. The summed E-state index contributed by atoms with van der Waals surface area (Å²) in [6, 6.07) is 17.9. The van der Waals surface area contributed by atoms with E-state index in [4.69, 9.17) is 9.47 Å². The number of carbonyl (C=O) groups excluding carboxylic acids is 1. The van der Waals surface area contributed by atoms with Crippen molar-refractivity contribution >= 4 is 5.91 Å². The van der Waals surface area contributed by atoms with Crippen LogP contribution < -0.4 is 14.8 Å². The summed E-state index contributed by atoms with van der Waals surface area (Å²) in [5.74, 6) is 1.88. The van der Waals surface area contributed by atoms with Crippen molar-refractivity contribution in [2.45, 2.75) is 63.2 Å². The van der Waals surface area contributed by atoms with E-state index >= 15 is 0 Å². The molecular formula is C24H28N2O3. The first-order valence-corrected chi connectivity index (χ1v) is 10.7. The van der Waals surface area contributed by atoms with Crippen LogP contribution in [0, 0.1) is 0 Å². The van der Waals surface area contributed by atoms with Crippen LogP contribution in [-0.4, -0.2) is 35.7 Å². The molecule has 0 saturated carbocycles. The van der Waals surface area contributed by atoms with Gasteiger partial charge in [0.05, 0.1) is 0 Å². The van der Waals surface area contributed by atoms with Crippen LogP contribution >= 0.6 is 0 Å². The molecule has 3 aliphatic rings. The summed E-state index contributed by atoms with van der Waals surface area (Å²) >= 11 is 0. The molecule has 5 rings (SSSR count). The molecule has 5 heteroatoms. The van der Waals surface area contributed by atoms with Gasteiger partial charge in [0, 0.05) is 31.1 Å². The Morgan fingerprint density at radius 2 is 1.72 bits per heavy atom. The summed E-state index contributed by atoms with van der Waals surface area (Å²) in [5, 5.41) is 3.31. The second-order valence-corrected chi connectivity index (χ2v) is 8.47. The van der Waals surface area contributed by atoms with Crippen LogP contribution in [0.2, 0.25) is 0 Å². The monoisotopic (exact) mass is 392 g/mol. The number of aryl methyl sites for hydroxylation is 1. The van der Waals surface area contributed by atoms with Crippen molar-refractivity contribution in [2.24, 2.45) is 0 Å². The molecule has 2 saturated heterocycles. The number of hydrogen-bond acceptors (Lipinski definition) is 4. The van der Waals surface area contributed by atoms with Crippen molar-refractivity contribution in [1.82, 2.24) is 10.2 Å². The second-order valence-electron chi connectivity index (χ2n) is 8.47. The molecule has 0 aliphatic carbocycles. The first kappa shape index (κ1) is 18.5. The highest BCUT2D eigenvalue weighted by molar-refractivity contribution is 5.76. The van der Waals surface area contributed by atoms with Crippen molar-refractivity contribution in [3.05, 3.63) is 59.7 Å². The van der Waals surface area contributed by atoms with E-state index in [1.54, 1.807) is 0 Å². The van der Waals surface area contributed by atoms with E-state index in [0.29, 0.717) is 31.3 Å². The van der Waals surface area contributed by atoms with Gasteiger partial charge >= 0.3 is 0 Å². The lowest BCUT2D eigenvalue weighted by molar-refractivity contribution is -0.122. The van der Waals surface area contributed by atoms with E-state index in [9.17, 15) is 4.79 Å². The minimum absolute atomic E-state index is 0.183. The Kier molecular flexibility index (Phi) is 5.15. The number of nitrogens with zero attached hydrogens (tertiary/aromatic N) is 1. The molecule has 2 aromatic carbocycles. The molecule has 2 fully saturated rings. The Hall–Kier alpha value is -2.53. The van der Waals surface area contributed by atoms with Crippen molar-refractivity contribution in [1.29, 1.82) is 0 Å². The second kappa shape index (κ2) is 8.07. The normalized spacial score (nSPS) is 25.2. The molecule has 2 atom stereocenters. The summed E-state index contributed by atoms with van der Waals surface area (Å²) in [5.41, 5.74) is 2.50. The molecule has 3 heterocycles. The van der Waals surface area contributed by atoms with E-state index in [1.807, 2.05) is 24.3 Å². The maximum Gasteiger partial charge on any atom is 0.231 e. The Morgan fingerprint density at radius 1 is 0.966 bits per heavy atom. The quantitative estimate of drug-likeness (QED) is 0.815. The third-order valence-corrected chi connectivity index (χ3v) is 6.54. The van der Waals surface area contributed by atoms with Gasteiger partial charge in [-0.1, -0.05) is 36.4 Å². The number of hydrogen-bond donors (Lipinski definition) is 1. The zero-order chi connectivity index (χ0) is 19.6. The smallest absolute Gasteiger partial charge is 0.231 e. The standard InChI is InChI=1S/C24H28N2O3/c27-24(11-7-17-4-2-1-3-5-17)25-19-13-20-8-9-21(14-19)26(20)15-18-6-10-22-23(12-18)29-16-28-22/h1-6,10,12,19-21H,7-9,11,13-16H2,(H,25,27). The average molecular weight is 392 g/mol. The van der Waals surface area contributed by atoms with Crippen LogP contribution in [0.4, 0.5) is 0 Å². The third-order valence-electron chi connectivity index (χ3n) is 6.54. The summed E-state index contributed by atoms with van der Waals surface area (Å²) in [4.78, 5) is 15.1. The highest BCUT2D eigenvalue weighted by Crippen LogP contribution is 2.38. The Labute approximate surface area is 172 Å². The van der Waals surface area contributed by atoms with Gasteiger partial charge in [-0.2, -0.15) is 0 Å². The number of amides is 1. The topological polar surface area (TPSA) is 50.8 Å². The average Bonchev–Trinajstić information content (AvgIpc) is 3.29. The molecule has 1 amide bonds. The van der Waals surface area contributed by atoms with Gasteiger partial charge in [0.1, 0.15) is 0 Å². The molecule has 1 N–H and O–H groups in total. The van der Waals surface area contributed by atoms with Crippen LogP contribution in [0.1, 0.15) is 43.2 Å². The lowest BCUT2D eigenvalue weighted by Crippen LogP contribution is -2.50. The largest absolute Gasteiger partial charge is 0.454 e. The lowest BCUT2D eigenvalue weighted by atomic mass is 9.96. The predicted octanol–water partition coefficient (Wildman–Crippen LogP) is 3.66. The van der Waals surface area contributed by atoms with Crippen LogP contribution in [0.5, 0.6) is 11.5 Å². The maximum absolute atomic E-state index is 12.4. The van der Waals surface area contributed by atoms with Gasteiger partial charge in [0.2, 0.25) is 12.7 Å². The minimum Gasteiger partial charge on any atom is -0.454 e. The Morgan fingerprint density at radius 3 is 2.52 bits per heavy atom. The SMILES string of the molecule is O=C(CCc1ccccc1)NC1CC2CCC(C1)N2Cc1ccc2c(c1)OCO2. The van der Waals surface area contributed by atoms with Crippen molar-refractivity contribution < 1.29 is 14.3 Å². The highest BCUT2D eigenvalue weighted by atomic mass is 16.7. The Bertz CT molecular complexity index is 856. The molecule has 0 aromatic heterocycles. The van der Waals surface area contributed by atoms with Crippen molar-refractivity contribution in [3.63, 3.8) is 0 Å². The van der Waals surface area contributed by atoms with Crippen LogP contribution in [0.3, 0.4) is 0 Å². The van der Waals surface area contributed by atoms with Crippen LogP contribution in [-0.2, 0) is 17.8 Å².